The zero-order valence-electron chi connectivity index (χ0n) is 7.55. The normalized spacial score (nSPS) is 9.83. The van der Waals surface area contributed by atoms with Gasteiger partial charge >= 0.3 is 0 Å². The molecule has 4 heteroatoms. The lowest BCUT2D eigenvalue weighted by molar-refractivity contribution is 0.574. The van der Waals surface area contributed by atoms with Crippen LogP contribution >= 0.6 is 28.4 Å². The Bertz CT molecular complexity index is 130. The monoisotopic (exact) mass is 252 g/mol. The van der Waals surface area contributed by atoms with Crippen LogP contribution in [0.5, 0.6) is 0 Å². The van der Waals surface area contributed by atoms with Gasteiger partial charge in [-0.05, 0) is 18.6 Å². The van der Waals surface area contributed by atoms with E-state index in [4.69, 9.17) is 18.0 Å². The molecule has 0 unspecified atom stereocenters. The highest BCUT2D eigenvalue weighted by molar-refractivity contribution is 9.07. The van der Waals surface area contributed by atoms with E-state index in [2.05, 4.69) is 23.1 Å². The lowest BCUT2D eigenvalue weighted by Crippen LogP contribution is -2.27. The molecule has 0 aliphatic rings. The first-order valence-corrected chi connectivity index (χ1v) is 5.53. The quantitative estimate of drug-likeness (QED) is 0.448. The molecule has 2 nitrogen and oxygen atoms in total. The fourth-order valence-corrected chi connectivity index (χ4v) is 1.31. The predicted octanol–water partition coefficient (Wildman–Crippen LogP) is 2.81. The summed E-state index contributed by atoms with van der Waals surface area (Å²) in [6.07, 6.45) is 6.35. The Labute approximate surface area is 88.8 Å². The van der Waals surface area contributed by atoms with Gasteiger partial charge in [-0.2, -0.15) is 0 Å². The number of rotatable bonds is 6. The molecule has 0 fully saturated rings. The number of halogens is 1. The molecular formula is C8H17BrN2S. The summed E-state index contributed by atoms with van der Waals surface area (Å²) < 4.78 is 1.74. The number of nitrogens with two attached hydrogens (primary N) is 1. The van der Waals surface area contributed by atoms with Crippen molar-refractivity contribution in [3.05, 3.63) is 0 Å². The maximum Gasteiger partial charge on any atom is 0.176 e. The summed E-state index contributed by atoms with van der Waals surface area (Å²) in [6.45, 7) is 3.13. The van der Waals surface area contributed by atoms with Gasteiger partial charge in [0.15, 0.2) is 5.11 Å². The highest BCUT2D eigenvalue weighted by Crippen LogP contribution is 2.05. The van der Waals surface area contributed by atoms with Gasteiger partial charge in [-0.15, -0.1) is 0 Å². The fourth-order valence-electron chi connectivity index (χ4n) is 0.964. The summed E-state index contributed by atoms with van der Waals surface area (Å²) in [4.78, 5) is 0. The minimum Gasteiger partial charge on any atom is -0.375 e. The molecule has 0 aromatic heterocycles. The molecule has 0 rings (SSSR count). The van der Waals surface area contributed by atoms with Crippen LogP contribution in [0.3, 0.4) is 0 Å². The SMILES string of the molecule is CCCCCCCN(Br)C(N)=S. The van der Waals surface area contributed by atoms with Crippen LogP contribution in [0.1, 0.15) is 39.0 Å². The zero-order chi connectivity index (χ0) is 9.40. The average molecular weight is 253 g/mol. The van der Waals surface area contributed by atoms with Gasteiger partial charge in [-0.1, -0.05) is 32.6 Å². The molecule has 0 aromatic rings. The Morgan fingerprint density at radius 3 is 2.42 bits per heavy atom. The van der Waals surface area contributed by atoms with Crippen molar-refractivity contribution in [2.45, 2.75) is 39.0 Å². The minimum atomic E-state index is 0.422. The molecular weight excluding hydrogens is 236 g/mol. The molecule has 0 saturated carbocycles. The van der Waals surface area contributed by atoms with Gasteiger partial charge in [0.2, 0.25) is 0 Å². The molecule has 2 N–H and O–H groups in total. The third kappa shape index (κ3) is 6.85. The number of hydrogen-bond donors (Lipinski definition) is 1. The van der Waals surface area contributed by atoms with Crippen molar-refractivity contribution in [1.29, 1.82) is 0 Å². The van der Waals surface area contributed by atoms with Gasteiger partial charge in [0.1, 0.15) is 0 Å². The number of thiocarbonyl (C=S) groups is 1. The van der Waals surface area contributed by atoms with E-state index in [1.54, 1.807) is 3.93 Å². The van der Waals surface area contributed by atoms with E-state index in [1.807, 2.05) is 0 Å². The topological polar surface area (TPSA) is 29.3 Å². The smallest absolute Gasteiger partial charge is 0.176 e. The summed E-state index contributed by atoms with van der Waals surface area (Å²) in [5, 5.41) is 0.422. The molecule has 0 bridgehead atoms. The highest BCUT2D eigenvalue weighted by atomic mass is 79.9. The van der Waals surface area contributed by atoms with Crippen LogP contribution in [0.2, 0.25) is 0 Å². The Kier molecular flexibility index (Phi) is 7.91. The van der Waals surface area contributed by atoms with Crippen molar-refractivity contribution in [1.82, 2.24) is 3.93 Å². The van der Waals surface area contributed by atoms with Crippen LogP contribution < -0.4 is 5.73 Å². The predicted molar refractivity (Wildman–Crippen MR) is 61.2 cm³/mol. The van der Waals surface area contributed by atoms with Gasteiger partial charge in [-0.25, -0.2) is 0 Å². The van der Waals surface area contributed by atoms with Gasteiger partial charge in [0, 0.05) is 6.54 Å². The highest BCUT2D eigenvalue weighted by Gasteiger charge is 1.99. The molecule has 0 amide bonds. The first-order chi connectivity index (χ1) is 5.68. The van der Waals surface area contributed by atoms with E-state index in [9.17, 15) is 0 Å². The first-order valence-electron chi connectivity index (χ1n) is 4.41. The summed E-state index contributed by atoms with van der Waals surface area (Å²) in [5.41, 5.74) is 5.39. The van der Waals surface area contributed by atoms with Crippen molar-refractivity contribution in [3.63, 3.8) is 0 Å². The maximum absolute atomic E-state index is 5.39. The fraction of sp³-hybridized carbons (Fsp3) is 0.875. The molecule has 12 heavy (non-hydrogen) atoms. The standard InChI is InChI=1S/C8H17BrN2S/c1-2-3-4-5-6-7-11(9)8(10)12/h2-7H2,1H3,(H2,10,12). The summed E-state index contributed by atoms with van der Waals surface area (Å²) in [5.74, 6) is 0. The van der Waals surface area contributed by atoms with Crippen molar-refractivity contribution in [3.8, 4) is 0 Å². The largest absolute Gasteiger partial charge is 0.375 e. The zero-order valence-corrected chi connectivity index (χ0v) is 9.96. The van der Waals surface area contributed by atoms with Crippen LogP contribution in [-0.2, 0) is 0 Å². The summed E-state index contributed by atoms with van der Waals surface area (Å²) in [7, 11) is 0. The molecule has 0 radical (unpaired) electrons. The molecule has 0 heterocycles. The second-order valence-corrected chi connectivity index (χ2v) is 4.11. The second-order valence-electron chi connectivity index (χ2n) is 2.84. The third-order valence-corrected chi connectivity index (χ3v) is 2.89. The van der Waals surface area contributed by atoms with E-state index in [0.29, 0.717) is 5.11 Å². The summed E-state index contributed by atoms with van der Waals surface area (Å²) in [6, 6.07) is 0. The Morgan fingerprint density at radius 2 is 1.92 bits per heavy atom. The number of unbranched alkanes of at least 4 members (excludes halogenated alkanes) is 4. The summed E-state index contributed by atoms with van der Waals surface area (Å²) >= 11 is 8.05. The molecule has 0 aromatic carbocycles. The van der Waals surface area contributed by atoms with Gasteiger partial charge in [0.25, 0.3) is 0 Å². The van der Waals surface area contributed by atoms with Crippen LogP contribution in [0.4, 0.5) is 0 Å². The number of hydrogen-bond acceptors (Lipinski definition) is 1. The second kappa shape index (κ2) is 7.80. The Hall–Kier alpha value is 0.170. The van der Waals surface area contributed by atoms with E-state index >= 15 is 0 Å². The van der Waals surface area contributed by atoms with Crippen molar-refractivity contribution >= 4 is 33.5 Å². The number of nitrogens with zero attached hydrogens (tertiary/aromatic N) is 1. The van der Waals surface area contributed by atoms with Gasteiger partial charge in [0.05, 0.1) is 16.1 Å². The van der Waals surface area contributed by atoms with Crippen LogP contribution in [0.15, 0.2) is 0 Å². The average Bonchev–Trinajstić information content (AvgIpc) is 2.03. The molecule has 0 aliphatic carbocycles. The van der Waals surface area contributed by atoms with Gasteiger partial charge in [-0.3, -0.25) is 3.93 Å². The van der Waals surface area contributed by atoms with Crippen molar-refractivity contribution in [2.75, 3.05) is 6.54 Å². The van der Waals surface area contributed by atoms with Crippen molar-refractivity contribution < 1.29 is 0 Å². The van der Waals surface area contributed by atoms with E-state index < -0.39 is 0 Å². The van der Waals surface area contributed by atoms with Crippen LogP contribution in [-0.4, -0.2) is 15.6 Å². The molecule has 0 spiro atoms. The van der Waals surface area contributed by atoms with E-state index in [-0.39, 0.29) is 0 Å². The molecule has 0 atom stereocenters. The van der Waals surface area contributed by atoms with Crippen LogP contribution in [0.25, 0.3) is 0 Å². The Morgan fingerprint density at radius 1 is 1.33 bits per heavy atom. The molecule has 72 valence electrons. The van der Waals surface area contributed by atoms with Crippen LogP contribution in [0, 0.1) is 0 Å². The Balaban J connectivity index is 3.14. The third-order valence-electron chi connectivity index (χ3n) is 1.70. The lowest BCUT2D eigenvalue weighted by atomic mass is 10.1. The van der Waals surface area contributed by atoms with Gasteiger partial charge < -0.3 is 5.73 Å². The van der Waals surface area contributed by atoms with Crippen molar-refractivity contribution in [2.24, 2.45) is 5.73 Å². The lowest BCUT2D eigenvalue weighted by Gasteiger charge is -2.12. The minimum absolute atomic E-state index is 0.422. The van der Waals surface area contributed by atoms with E-state index in [1.165, 1.54) is 25.7 Å². The first kappa shape index (κ1) is 12.2. The van der Waals surface area contributed by atoms with E-state index in [0.717, 1.165) is 13.0 Å². The maximum atomic E-state index is 5.39. The molecule has 0 aliphatic heterocycles. The molecule has 0 saturated heterocycles.